The van der Waals surface area contributed by atoms with Crippen LogP contribution in [-0.2, 0) is 14.8 Å². The van der Waals surface area contributed by atoms with Crippen LogP contribution in [0.5, 0.6) is 0 Å². The normalized spacial score (nSPS) is 22.9. The summed E-state index contributed by atoms with van der Waals surface area (Å²) in [5.41, 5.74) is 0.431. The number of hydrogen-bond donors (Lipinski definition) is 0. The molecule has 110 valence electrons. The lowest BCUT2D eigenvalue weighted by molar-refractivity contribution is -0.130. The van der Waals surface area contributed by atoms with E-state index < -0.39 is 10.0 Å². The molecule has 3 rings (SSSR count). The van der Waals surface area contributed by atoms with E-state index in [9.17, 15) is 13.2 Å². The van der Waals surface area contributed by atoms with Crippen LogP contribution in [0.15, 0.2) is 29.2 Å². The Hall–Kier alpha value is -1.91. The Morgan fingerprint density at radius 1 is 1.19 bits per heavy atom. The van der Waals surface area contributed by atoms with Crippen molar-refractivity contribution in [3.05, 3.63) is 29.8 Å². The van der Waals surface area contributed by atoms with Gasteiger partial charge in [0.1, 0.15) is 0 Å². The molecule has 21 heavy (non-hydrogen) atoms. The second kappa shape index (κ2) is 5.13. The van der Waals surface area contributed by atoms with Gasteiger partial charge in [-0.05, 0) is 30.7 Å². The van der Waals surface area contributed by atoms with E-state index in [0.29, 0.717) is 31.6 Å². The first-order valence-electron chi connectivity index (χ1n) is 6.82. The minimum atomic E-state index is -3.56. The van der Waals surface area contributed by atoms with Gasteiger partial charge >= 0.3 is 0 Å². The molecule has 1 aromatic rings. The van der Waals surface area contributed by atoms with Gasteiger partial charge in [-0.2, -0.15) is 9.57 Å². The Bertz CT molecular complexity index is 706. The number of nitrogens with zero attached hydrogens (tertiary/aromatic N) is 3. The van der Waals surface area contributed by atoms with Crippen LogP contribution in [-0.4, -0.2) is 49.2 Å². The molecule has 0 bridgehead atoms. The van der Waals surface area contributed by atoms with Crippen molar-refractivity contribution < 1.29 is 13.2 Å². The number of fused-ring (bicyclic) bond motifs is 1. The number of carbonyl (C=O) groups excluding carboxylic acids is 1. The van der Waals surface area contributed by atoms with Crippen LogP contribution < -0.4 is 0 Å². The van der Waals surface area contributed by atoms with Gasteiger partial charge in [0.25, 0.3) is 0 Å². The Morgan fingerprint density at radius 3 is 2.57 bits per heavy atom. The summed E-state index contributed by atoms with van der Waals surface area (Å²) in [5, 5.41) is 8.76. The van der Waals surface area contributed by atoms with Crippen LogP contribution in [0, 0.1) is 11.3 Å². The fraction of sp³-hybridized carbons (Fsp3) is 0.429. The lowest BCUT2D eigenvalue weighted by Crippen LogP contribution is -2.53. The number of amides is 1. The number of benzene rings is 1. The summed E-state index contributed by atoms with van der Waals surface area (Å²) in [6.07, 6.45) is 1.23. The lowest BCUT2D eigenvalue weighted by Gasteiger charge is -2.36. The van der Waals surface area contributed by atoms with Gasteiger partial charge in [-0.1, -0.05) is 0 Å². The molecule has 0 saturated carbocycles. The van der Waals surface area contributed by atoms with Crippen molar-refractivity contribution in [3.63, 3.8) is 0 Å². The number of nitriles is 1. The molecule has 2 aliphatic heterocycles. The molecule has 1 atom stereocenters. The fourth-order valence-corrected chi connectivity index (χ4v) is 4.37. The topological polar surface area (TPSA) is 81.5 Å². The molecule has 0 radical (unpaired) electrons. The van der Waals surface area contributed by atoms with Gasteiger partial charge in [-0.15, -0.1) is 0 Å². The maximum atomic E-state index is 12.6. The molecule has 7 heteroatoms. The van der Waals surface area contributed by atoms with Crippen molar-refractivity contribution in [2.45, 2.75) is 23.8 Å². The molecule has 0 aliphatic carbocycles. The summed E-state index contributed by atoms with van der Waals surface area (Å²) < 4.78 is 26.6. The minimum Gasteiger partial charge on any atom is -0.337 e. The van der Waals surface area contributed by atoms with E-state index in [1.54, 1.807) is 4.90 Å². The molecule has 2 heterocycles. The highest BCUT2D eigenvalue weighted by Gasteiger charge is 2.39. The third-order valence-corrected chi connectivity index (χ3v) is 5.96. The van der Waals surface area contributed by atoms with Gasteiger partial charge in [-0.3, -0.25) is 4.79 Å². The predicted molar refractivity (Wildman–Crippen MR) is 74.7 cm³/mol. The number of sulfonamides is 1. The van der Waals surface area contributed by atoms with Crippen LogP contribution in [0.3, 0.4) is 0 Å². The molecule has 1 amide bonds. The SMILES string of the molecule is N#Cc1ccc(S(=O)(=O)N2CCN3C(=O)CC[C@@H]3C2)cc1. The third kappa shape index (κ3) is 2.41. The molecule has 6 nitrogen and oxygen atoms in total. The standard InChI is InChI=1S/C14H15N3O3S/c15-9-11-1-4-13(5-2-11)21(19,20)16-7-8-17-12(10-16)3-6-14(17)18/h1-2,4-5,12H,3,6-8,10H2/t12-/m1/s1. The zero-order valence-corrected chi connectivity index (χ0v) is 12.2. The molecular weight excluding hydrogens is 290 g/mol. The monoisotopic (exact) mass is 305 g/mol. The van der Waals surface area contributed by atoms with Crippen LogP contribution in [0.4, 0.5) is 0 Å². The average Bonchev–Trinajstić information content (AvgIpc) is 2.88. The number of rotatable bonds is 2. The van der Waals surface area contributed by atoms with Crippen LogP contribution in [0.25, 0.3) is 0 Å². The zero-order valence-electron chi connectivity index (χ0n) is 11.4. The summed E-state index contributed by atoms with van der Waals surface area (Å²) in [5.74, 6) is 0.121. The molecule has 0 unspecified atom stereocenters. The van der Waals surface area contributed by atoms with E-state index in [4.69, 9.17) is 5.26 Å². The number of piperazine rings is 1. The molecular formula is C14H15N3O3S. The highest BCUT2D eigenvalue weighted by atomic mass is 32.2. The van der Waals surface area contributed by atoms with Crippen molar-refractivity contribution in [1.82, 2.24) is 9.21 Å². The van der Waals surface area contributed by atoms with E-state index in [1.807, 2.05) is 6.07 Å². The molecule has 0 aromatic heterocycles. The van der Waals surface area contributed by atoms with Crippen molar-refractivity contribution in [3.8, 4) is 6.07 Å². The van der Waals surface area contributed by atoms with E-state index in [0.717, 1.165) is 6.42 Å². The predicted octanol–water partition coefficient (Wildman–Crippen LogP) is 0.554. The molecule has 2 aliphatic rings. The molecule has 0 N–H and O–H groups in total. The van der Waals surface area contributed by atoms with Gasteiger partial charge < -0.3 is 4.90 Å². The smallest absolute Gasteiger partial charge is 0.243 e. The van der Waals surface area contributed by atoms with Crippen molar-refractivity contribution in [1.29, 1.82) is 5.26 Å². The van der Waals surface area contributed by atoms with Crippen molar-refractivity contribution in [2.24, 2.45) is 0 Å². The quantitative estimate of drug-likeness (QED) is 0.799. The average molecular weight is 305 g/mol. The number of hydrogen-bond acceptors (Lipinski definition) is 4. The molecule has 2 fully saturated rings. The maximum absolute atomic E-state index is 12.6. The summed E-state index contributed by atoms with van der Waals surface area (Å²) in [6, 6.07) is 7.89. The first-order valence-corrected chi connectivity index (χ1v) is 8.26. The molecule has 0 spiro atoms. The van der Waals surface area contributed by atoms with Gasteiger partial charge in [-0.25, -0.2) is 8.42 Å². The zero-order chi connectivity index (χ0) is 15.0. The Labute approximate surface area is 123 Å². The van der Waals surface area contributed by atoms with E-state index >= 15 is 0 Å². The van der Waals surface area contributed by atoms with Crippen LogP contribution in [0.1, 0.15) is 18.4 Å². The van der Waals surface area contributed by atoms with Gasteiger partial charge in [0.05, 0.1) is 16.5 Å². The third-order valence-electron chi connectivity index (χ3n) is 4.08. The largest absolute Gasteiger partial charge is 0.337 e. The first-order chi connectivity index (χ1) is 10.0. The summed E-state index contributed by atoms with van der Waals surface area (Å²) in [7, 11) is -3.56. The fourth-order valence-electron chi connectivity index (χ4n) is 2.90. The number of carbonyl (C=O) groups is 1. The Morgan fingerprint density at radius 2 is 1.90 bits per heavy atom. The Balaban J connectivity index is 1.82. The van der Waals surface area contributed by atoms with Gasteiger partial charge in [0.2, 0.25) is 15.9 Å². The van der Waals surface area contributed by atoms with Gasteiger partial charge in [0, 0.05) is 32.1 Å². The minimum absolute atomic E-state index is 0.000549. The highest BCUT2D eigenvalue weighted by Crippen LogP contribution is 2.26. The molecule has 1 aromatic carbocycles. The van der Waals surface area contributed by atoms with Crippen molar-refractivity contribution in [2.75, 3.05) is 19.6 Å². The van der Waals surface area contributed by atoms with E-state index in [2.05, 4.69) is 0 Å². The van der Waals surface area contributed by atoms with Crippen LogP contribution >= 0.6 is 0 Å². The maximum Gasteiger partial charge on any atom is 0.243 e. The molecule has 2 saturated heterocycles. The highest BCUT2D eigenvalue weighted by molar-refractivity contribution is 7.89. The second-order valence-corrected chi connectivity index (χ2v) is 7.22. The second-order valence-electron chi connectivity index (χ2n) is 5.28. The van der Waals surface area contributed by atoms with Crippen molar-refractivity contribution >= 4 is 15.9 Å². The van der Waals surface area contributed by atoms with E-state index in [1.165, 1.54) is 28.6 Å². The summed E-state index contributed by atoms with van der Waals surface area (Å²) in [6.45, 7) is 1.14. The van der Waals surface area contributed by atoms with Crippen LogP contribution in [0.2, 0.25) is 0 Å². The summed E-state index contributed by atoms with van der Waals surface area (Å²) >= 11 is 0. The van der Waals surface area contributed by atoms with Gasteiger partial charge in [0.15, 0.2) is 0 Å². The lowest BCUT2D eigenvalue weighted by atomic mass is 10.2. The Kier molecular flexibility index (Phi) is 3.43. The first kappa shape index (κ1) is 14.0. The van der Waals surface area contributed by atoms with E-state index in [-0.39, 0.29) is 16.8 Å². The summed E-state index contributed by atoms with van der Waals surface area (Å²) in [4.78, 5) is 13.6.